The number of non-ortho nitro benzene ring substituents is 1. The molecule has 27 heavy (non-hydrogen) atoms. The van der Waals surface area contributed by atoms with Crippen molar-refractivity contribution in [3.63, 3.8) is 0 Å². The first-order valence-electron chi connectivity index (χ1n) is 8.06. The molecule has 0 radical (unpaired) electrons. The summed E-state index contributed by atoms with van der Waals surface area (Å²) in [6, 6.07) is 11.1. The van der Waals surface area contributed by atoms with E-state index < -0.39 is 10.8 Å². The molecule has 3 rings (SSSR count). The number of nitrogens with one attached hydrogen (secondary N) is 1. The summed E-state index contributed by atoms with van der Waals surface area (Å²) in [5.41, 5.74) is 2.21. The topological polar surface area (TPSA) is 99.3 Å². The lowest BCUT2D eigenvalue weighted by Crippen LogP contribution is -2.45. The number of fused-ring (bicyclic) bond motifs is 1. The predicted molar refractivity (Wildman–Crippen MR) is 107 cm³/mol. The van der Waals surface area contributed by atoms with E-state index in [0.29, 0.717) is 12.1 Å². The van der Waals surface area contributed by atoms with Crippen LogP contribution < -0.4 is 10.2 Å². The molecule has 1 aliphatic rings. The SMILES string of the molecule is N#CSc1ccc2c(c1)CCCN2C(=S)NC(=O)c1ccc([N+](=O)[O-])cc1. The van der Waals surface area contributed by atoms with Crippen molar-refractivity contribution in [2.24, 2.45) is 0 Å². The lowest BCUT2D eigenvalue weighted by Gasteiger charge is -2.31. The second kappa shape index (κ2) is 8.16. The smallest absolute Gasteiger partial charge is 0.269 e. The molecule has 136 valence electrons. The number of nitro benzene ring substituents is 1. The van der Waals surface area contributed by atoms with Crippen molar-refractivity contribution in [1.29, 1.82) is 5.26 Å². The van der Waals surface area contributed by atoms with Gasteiger partial charge in [-0.25, -0.2) is 0 Å². The van der Waals surface area contributed by atoms with Crippen molar-refractivity contribution in [2.45, 2.75) is 17.7 Å². The summed E-state index contributed by atoms with van der Waals surface area (Å²) in [5, 5.41) is 24.5. The van der Waals surface area contributed by atoms with E-state index in [1.807, 2.05) is 23.1 Å². The number of benzene rings is 2. The summed E-state index contributed by atoms with van der Waals surface area (Å²) in [4.78, 5) is 25.3. The third kappa shape index (κ3) is 4.24. The molecule has 9 heteroatoms. The largest absolute Gasteiger partial charge is 0.318 e. The standard InChI is InChI=1S/C18H14N4O3S2/c19-11-27-15-7-8-16-13(10-15)2-1-9-21(16)18(26)20-17(23)12-3-5-14(6-4-12)22(24)25/h3-8,10H,1-2,9H2,(H,20,23,26). The van der Waals surface area contributed by atoms with Crippen LogP contribution in [0.3, 0.4) is 0 Å². The second-order valence-electron chi connectivity index (χ2n) is 5.80. The van der Waals surface area contributed by atoms with Crippen LogP contribution in [0.25, 0.3) is 0 Å². The highest BCUT2D eigenvalue weighted by atomic mass is 32.2. The van der Waals surface area contributed by atoms with Gasteiger partial charge in [-0.2, -0.15) is 5.26 Å². The van der Waals surface area contributed by atoms with Crippen molar-refractivity contribution in [2.75, 3.05) is 11.4 Å². The number of thiocyanates is 1. The average molecular weight is 398 g/mol. The van der Waals surface area contributed by atoms with Crippen molar-refractivity contribution in [3.05, 3.63) is 63.7 Å². The second-order valence-corrected chi connectivity index (χ2v) is 7.05. The summed E-state index contributed by atoms with van der Waals surface area (Å²) in [5.74, 6) is -0.418. The Bertz CT molecular complexity index is 954. The maximum absolute atomic E-state index is 12.4. The van der Waals surface area contributed by atoms with E-state index in [0.717, 1.165) is 40.7 Å². The number of carbonyl (C=O) groups excluding carboxylic acids is 1. The highest BCUT2D eigenvalue weighted by Gasteiger charge is 2.22. The van der Waals surface area contributed by atoms with Gasteiger partial charge in [0.15, 0.2) is 5.11 Å². The van der Waals surface area contributed by atoms with Crippen LogP contribution in [0.5, 0.6) is 0 Å². The fourth-order valence-electron chi connectivity index (χ4n) is 2.87. The Labute approximate surface area is 165 Å². The van der Waals surface area contributed by atoms with Gasteiger partial charge in [0.2, 0.25) is 0 Å². The van der Waals surface area contributed by atoms with Gasteiger partial charge in [-0.1, -0.05) is 0 Å². The number of thiocarbonyl (C=S) groups is 1. The van der Waals surface area contributed by atoms with Crippen molar-refractivity contribution < 1.29 is 9.72 Å². The van der Waals surface area contributed by atoms with Crippen LogP contribution in [0.15, 0.2) is 47.4 Å². The van der Waals surface area contributed by atoms with Gasteiger partial charge in [-0.05, 0) is 72.7 Å². The van der Waals surface area contributed by atoms with E-state index in [9.17, 15) is 14.9 Å². The van der Waals surface area contributed by atoms with Gasteiger partial charge < -0.3 is 4.90 Å². The zero-order chi connectivity index (χ0) is 19.4. The Morgan fingerprint density at radius 3 is 2.70 bits per heavy atom. The number of hydrogen-bond donors (Lipinski definition) is 1. The van der Waals surface area contributed by atoms with Crippen LogP contribution in [-0.2, 0) is 6.42 Å². The number of rotatable bonds is 3. The number of carbonyl (C=O) groups is 1. The predicted octanol–water partition coefficient (Wildman–Crippen LogP) is 3.64. The van der Waals surface area contributed by atoms with E-state index in [1.54, 1.807) is 0 Å². The minimum absolute atomic E-state index is 0.0786. The molecule has 0 aliphatic carbocycles. The molecule has 0 unspecified atom stereocenters. The molecule has 1 N–H and O–H groups in total. The highest BCUT2D eigenvalue weighted by molar-refractivity contribution is 8.03. The molecule has 0 atom stereocenters. The number of anilines is 1. The third-order valence-corrected chi connectivity index (χ3v) is 5.04. The zero-order valence-corrected chi connectivity index (χ0v) is 15.7. The van der Waals surface area contributed by atoms with Gasteiger partial charge in [0.05, 0.1) is 4.92 Å². The zero-order valence-electron chi connectivity index (χ0n) is 14.0. The van der Waals surface area contributed by atoms with Crippen LogP contribution in [0, 0.1) is 20.8 Å². The molecular weight excluding hydrogens is 384 g/mol. The van der Waals surface area contributed by atoms with Gasteiger partial charge in [-0.15, -0.1) is 0 Å². The number of aryl methyl sites for hydroxylation is 1. The van der Waals surface area contributed by atoms with Gasteiger partial charge >= 0.3 is 0 Å². The molecule has 0 aromatic heterocycles. The summed E-state index contributed by atoms with van der Waals surface area (Å²) in [6.45, 7) is 0.678. The van der Waals surface area contributed by atoms with Crippen LogP contribution in [0.1, 0.15) is 22.3 Å². The van der Waals surface area contributed by atoms with Crippen LogP contribution in [0.2, 0.25) is 0 Å². The Kier molecular flexibility index (Phi) is 5.69. The van der Waals surface area contributed by atoms with Gasteiger partial charge in [0.1, 0.15) is 5.40 Å². The monoisotopic (exact) mass is 398 g/mol. The lowest BCUT2D eigenvalue weighted by atomic mass is 10.0. The summed E-state index contributed by atoms with van der Waals surface area (Å²) >= 11 is 6.51. The number of nitrogens with zero attached hydrogens (tertiary/aromatic N) is 3. The van der Waals surface area contributed by atoms with E-state index >= 15 is 0 Å². The van der Waals surface area contributed by atoms with E-state index in [4.69, 9.17) is 17.5 Å². The molecular formula is C18H14N4O3S2. The Balaban J connectivity index is 1.74. The Morgan fingerprint density at radius 1 is 1.30 bits per heavy atom. The number of nitro groups is 1. The van der Waals surface area contributed by atoms with E-state index in [-0.39, 0.29) is 10.8 Å². The van der Waals surface area contributed by atoms with Crippen molar-refractivity contribution >= 4 is 46.4 Å². The summed E-state index contributed by atoms with van der Waals surface area (Å²) < 4.78 is 0. The molecule has 2 aromatic rings. The molecule has 7 nitrogen and oxygen atoms in total. The number of thioether (sulfide) groups is 1. The molecule has 0 saturated carbocycles. The molecule has 0 spiro atoms. The molecule has 1 amide bonds. The lowest BCUT2D eigenvalue weighted by molar-refractivity contribution is -0.384. The first-order chi connectivity index (χ1) is 13.0. The maximum atomic E-state index is 12.4. The Morgan fingerprint density at radius 2 is 2.04 bits per heavy atom. The summed E-state index contributed by atoms with van der Waals surface area (Å²) in [6.07, 6.45) is 1.76. The van der Waals surface area contributed by atoms with E-state index in [2.05, 4.69) is 10.7 Å². The number of nitriles is 1. The molecule has 0 fully saturated rings. The number of amides is 1. The molecule has 0 saturated heterocycles. The highest BCUT2D eigenvalue weighted by Crippen LogP contribution is 2.31. The van der Waals surface area contributed by atoms with Crippen LogP contribution in [-0.4, -0.2) is 22.5 Å². The van der Waals surface area contributed by atoms with Crippen molar-refractivity contribution in [1.82, 2.24) is 5.32 Å². The Hall–Kier alpha value is -2.96. The quantitative estimate of drug-likeness (QED) is 0.277. The van der Waals surface area contributed by atoms with Gasteiger partial charge in [-0.3, -0.25) is 20.2 Å². The van der Waals surface area contributed by atoms with Crippen molar-refractivity contribution in [3.8, 4) is 5.40 Å². The number of hydrogen-bond acceptors (Lipinski definition) is 6. The summed E-state index contributed by atoms with van der Waals surface area (Å²) in [7, 11) is 0. The normalized spacial score (nSPS) is 12.6. The molecule has 0 bridgehead atoms. The van der Waals surface area contributed by atoms with E-state index in [1.165, 1.54) is 24.3 Å². The minimum Gasteiger partial charge on any atom is -0.318 e. The average Bonchev–Trinajstić information content (AvgIpc) is 2.67. The molecule has 1 aliphatic heterocycles. The van der Waals surface area contributed by atoms with Crippen LogP contribution in [0.4, 0.5) is 11.4 Å². The molecule has 1 heterocycles. The fraction of sp³-hybridized carbons (Fsp3) is 0.167. The van der Waals surface area contributed by atoms with Gasteiger partial charge in [0, 0.05) is 34.8 Å². The first-order valence-corrected chi connectivity index (χ1v) is 9.28. The third-order valence-electron chi connectivity index (χ3n) is 4.14. The maximum Gasteiger partial charge on any atom is 0.269 e. The minimum atomic E-state index is -0.518. The molecule has 2 aromatic carbocycles. The van der Waals surface area contributed by atoms with Gasteiger partial charge in [0.25, 0.3) is 11.6 Å². The van der Waals surface area contributed by atoms with Crippen LogP contribution >= 0.6 is 24.0 Å². The fourth-order valence-corrected chi connectivity index (χ4v) is 3.60. The first kappa shape index (κ1) is 18.8.